The highest BCUT2D eigenvalue weighted by molar-refractivity contribution is 4.65. The fourth-order valence-corrected chi connectivity index (χ4v) is 0.308. The van der Waals surface area contributed by atoms with E-state index in [1.807, 2.05) is 0 Å². The zero-order valence-electron chi connectivity index (χ0n) is 4.07. The molecule has 0 aliphatic carbocycles. The molecule has 1 rings (SSSR count). The van der Waals surface area contributed by atoms with Crippen LogP contribution in [0.5, 0.6) is 0 Å². The van der Waals surface area contributed by atoms with Crippen molar-refractivity contribution in [2.24, 2.45) is 0 Å². The van der Waals surface area contributed by atoms with Gasteiger partial charge in [-0.25, -0.2) is 0 Å². The highest BCUT2D eigenvalue weighted by Gasteiger charge is 2.23. The minimum atomic E-state index is -0.818. The summed E-state index contributed by atoms with van der Waals surface area (Å²) in [4.78, 5) is 13.4. The largest absolute Gasteiger partial charge is 0.371 e. The third kappa shape index (κ3) is 1.74. The van der Waals surface area contributed by atoms with Crippen LogP contribution in [0.15, 0.2) is 0 Å². The van der Waals surface area contributed by atoms with Crippen LogP contribution in [0.25, 0.3) is 0 Å². The van der Waals surface area contributed by atoms with E-state index in [2.05, 4.69) is 9.57 Å². The second-order valence-electron chi connectivity index (χ2n) is 1.47. The summed E-state index contributed by atoms with van der Waals surface area (Å²) in [5.41, 5.74) is 0. The van der Waals surface area contributed by atoms with Crippen LogP contribution in [0.2, 0.25) is 0 Å². The maximum absolute atomic E-state index is 9.46. The lowest BCUT2D eigenvalue weighted by atomic mass is 10.5. The van der Waals surface area contributed by atoms with Crippen LogP contribution in [-0.2, 0) is 9.57 Å². The first kappa shape index (κ1) is 5.30. The lowest BCUT2D eigenvalue weighted by molar-refractivity contribution is -0.758. The van der Waals surface area contributed by atoms with Gasteiger partial charge in [0, 0.05) is 0 Å². The fraction of sp³-hybridized carbons (Fsp3) is 1.00. The van der Waals surface area contributed by atoms with Crippen molar-refractivity contribution in [3.63, 3.8) is 0 Å². The lowest BCUT2D eigenvalue weighted by Gasteiger charge is -1.89. The molecule has 1 atom stereocenters. The van der Waals surface area contributed by atoms with E-state index in [-0.39, 0.29) is 12.7 Å². The predicted molar refractivity (Wildman–Crippen MR) is 22.7 cm³/mol. The number of rotatable bonds is 3. The zero-order chi connectivity index (χ0) is 5.98. The first-order valence-electron chi connectivity index (χ1n) is 2.18. The van der Waals surface area contributed by atoms with E-state index in [9.17, 15) is 10.1 Å². The van der Waals surface area contributed by atoms with Gasteiger partial charge >= 0.3 is 0 Å². The fourth-order valence-electron chi connectivity index (χ4n) is 0.308. The molecule has 0 saturated carbocycles. The van der Waals surface area contributed by atoms with E-state index in [0.717, 1.165) is 0 Å². The van der Waals surface area contributed by atoms with Crippen molar-refractivity contribution in [3.05, 3.63) is 10.1 Å². The predicted octanol–water partition coefficient (Wildman–Crippen LogP) is -0.407. The summed E-state index contributed by atoms with van der Waals surface area (Å²) in [5, 5.41) is 8.64. The average Bonchev–Trinajstić information content (AvgIpc) is 2.41. The van der Waals surface area contributed by atoms with Crippen LogP contribution in [0.1, 0.15) is 0 Å². The Kier molecular flexibility index (Phi) is 1.29. The Hall–Kier alpha value is -0.840. The normalized spacial score (nSPS) is 24.8. The topological polar surface area (TPSA) is 64.9 Å². The van der Waals surface area contributed by atoms with Crippen LogP contribution in [0, 0.1) is 10.1 Å². The summed E-state index contributed by atoms with van der Waals surface area (Å²) in [6, 6.07) is 0. The van der Waals surface area contributed by atoms with Gasteiger partial charge in [0.1, 0.15) is 12.7 Å². The van der Waals surface area contributed by atoms with Crippen LogP contribution in [0.4, 0.5) is 0 Å². The van der Waals surface area contributed by atoms with Crippen molar-refractivity contribution in [3.8, 4) is 0 Å². The molecule has 0 aromatic carbocycles. The SMILES string of the molecule is O=[N+]([O-])OC[C@H]1CO1. The molecule has 0 unspecified atom stereocenters. The average molecular weight is 119 g/mol. The van der Waals surface area contributed by atoms with Gasteiger partial charge in [-0.05, 0) is 0 Å². The molecule has 0 aromatic heterocycles. The van der Waals surface area contributed by atoms with Crippen molar-refractivity contribution in [1.82, 2.24) is 0 Å². The molecule has 0 N–H and O–H groups in total. The summed E-state index contributed by atoms with van der Waals surface area (Å²) >= 11 is 0. The van der Waals surface area contributed by atoms with Crippen molar-refractivity contribution in [2.75, 3.05) is 13.2 Å². The van der Waals surface area contributed by atoms with Crippen LogP contribution in [0.3, 0.4) is 0 Å². The molecule has 8 heavy (non-hydrogen) atoms. The molecule has 5 nitrogen and oxygen atoms in total. The molecular weight excluding hydrogens is 114 g/mol. The Labute approximate surface area is 45.3 Å². The Bertz CT molecular complexity index is 99.5. The smallest absolute Gasteiger partial charge is 0.294 e. The van der Waals surface area contributed by atoms with Gasteiger partial charge in [-0.1, -0.05) is 0 Å². The van der Waals surface area contributed by atoms with Crippen LogP contribution >= 0.6 is 0 Å². The first-order valence-corrected chi connectivity index (χ1v) is 2.18. The summed E-state index contributed by atoms with van der Waals surface area (Å²) in [5.74, 6) is 0. The maximum Gasteiger partial charge on any atom is 0.294 e. The number of epoxide rings is 1. The Morgan fingerprint density at radius 3 is 3.00 bits per heavy atom. The molecule has 1 aliphatic heterocycles. The summed E-state index contributed by atoms with van der Waals surface area (Å²) in [6.07, 6.45) is -0.0274. The van der Waals surface area contributed by atoms with Gasteiger partial charge < -0.3 is 9.57 Å². The van der Waals surface area contributed by atoms with Gasteiger partial charge in [-0.2, -0.15) is 0 Å². The molecular formula is C3H5NO4. The third-order valence-corrected chi connectivity index (χ3v) is 0.768. The molecule has 1 aliphatic rings. The highest BCUT2D eigenvalue weighted by Crippen LogP contribution is 2.07. The number of hydrogen-bond acceptors (Lipinski definition) is 4. The minimum Gasteiger partial charge on any atom is -0.371 e. The van der Waals surface area contributed by atoms with E-state index in [4.69, 9.17) is 0 Å². The number of ether oxygens (including phenoxy) is 1. The van der Waals surface area contributed by atoms with E-state index < -0.39 is 5.09 Å². The first-order chi connectivity index (χ1) is 3.79. The van der Waals surface area contributed by atoms with E-state index in [1.165, 1.54) is 0 Å². The third-order valence-electron chi connectivity index (χ3n) is 0.768. The van der Waals surface area contributed by atoms with Crippen molar-refractivity contribution in [1.29, 1.82) is 0 Å². The molecule has 0 radical (unpaired) electrons. The van der Waals surface area contributed by atoms with Gasteiger partial charge in [-0.3, -0.25) is 0 Å². The number of hydrogen-bond donors (Lipinski definition) is 0. The van der Waals surface area contributed by atoms with Crippen LogP contribution in [-0.4, -0.2) is 24.4 Å². The molecule has 46 valence electrons. The van der Waals surface area contributed by atoms with Gasteiger partial charge in [0.15, 0.2) is 0 Å². The molecule has 1 fully saturated rings. The maximum atomic E-state index is 9.46. The van der Waals surface area contributed by atoms with Crippen molar-refractivity contribution < 1.29 is 14.7 Å². The summed E-state index contributed by atoms with van der Waals surface area (Å²) in [7, 11) is 0. The molecule has 1 saturated heterocycles. The lowest BCUT2D eigenvalue weighted by Crippen LogP contribution is -2.06. The molecule has 0 amide bonds. The van der Waals surface area contributed by atoms with Gasteiger partial charge in [0.2, 0.25) is 0 Å². The molecule has 1 heterocycles. The summed E-state index contributed by atoms with van der Waals surface area (Å²) in [6.45, 7) is 0.668. The summed E-state index contributed by atoms with van der Waals surface area (Å²) < 4.78 is 4.63. The van der Waals surface area contributed by atoms with Gasteiger partial charge in [-0.15, -0.1) is 10.1 Å². The Morgan fingerprint density at radius 2 is 2.62 bits per heavy atom. The molecule has 0 bridgehead atoms. The van der Waals surface area contributed by atoms with E-state index >= 15 is 0 Å². The van der Waals surface area contributed by atoms with E-state index in [0.29, 0.717) is 6.61 Å². The van der Waals surface area contributed by atoms with Crippen molar-refractivity contribution in [2.45, 2.75) is 6.10 Å². The highest BCUT2D eigenvalue weighted by atomic mass is 17.0. The zero-order valence-corrected chi connectivity index (χ0v) is 4.07. The van der Waals surface area contributed by atoms with E-state index in [1.54, 1.807) is 0 Å². The molecule has 0 spiro atoms. The molecule has 0 aromatic rings. The molecule has 5 heteroatoms. The monoisotopic (exact) mass is 119 g/mol. The second-order valence-corrected chi connectivity index (χ2v) is 1.47. The van der Waals surface area contributed by atoms with Gasteiger partial charge in [0.05, 0.1) is 6.61 Å². The number of nitrogens with zero attached hydrogens (tertiary/aromatic N) is 1. The standard InChI is InChI=1S/C3H5NO4/c5-4(6)8-2-3-1-7-3/h3H,1-2H2/t3-/m1/s1. The minimum absolute atomic E-state index is 0.0274. The van der Waals surface area contributed by atoms with Gasteiger partial charge in [0.25, 0.3) is 5.09 Å². The Balaban J connectivity index is 1.95. The second kappa shape index (κ2) is 1.95. The quantitative estimate of drug-likeness (QED) is 0.288. The van der Waals surface area contributed by atoms with Crippen molar-refractivity contribution >= 4 is 0 Å². The van der Waals surface area contributed by atoms with Crippen LogP contribution < -0.4 is 0 Å². The Morgan fingerprint density at radius 1 is 2.00 bits per heavy atom.